The summed E-state index contributed by atoms with van der Waals surface area (Å²) in [4.78, 5) is 0. The molecule has 81 heavy (non-hydrogen) atoms. The largest absolute Gasteiger partial charge is 0.511 e. The molecule has 13 rings (SSSR count). The fourth-order valence-electron chi connectivity index (χ4n) is 11.8. The SMILES string of the molecule is C=C/C(=C\C(CP1(=O)Oc2ccccc2-c2ccccc21)=C(\O)CP1(=O)Oc2ccccc2-c2ccccc21)C(C)(C)c1cc(CP2(=O)Oc3ccccc3-c3ccccc32)c(O)c(CP2(=O)Oc3ccccc3-c3ccccc32)c1. The Balaban J connectivity index is 0.972. The smallest absolute Gasteiger partial charge is 0.285 e. The molecule has 9 aromatic carbocycles. The van der Waals surface area contributed by atoms with Crippen LogP contribution >= 0.6 is 29.5 Å². The summed E-state index contributed by atoms with van der Waals surface area (Å²) in [6, 6.07) is 62.6. The Kier molecular flexibility index (Phi) is 12.8. The Bertz CT molecular complexity index is 4250. The number of benzene rings is 9. The van der Waals surface area contributed by atoms with Gasteiger partial charge in [-0.2, -0.15) is 0 Å². The Morgan fingerprint density at radius 2 is 0.741 bits per heavy atom. The molecule has 0 fully saturated rings. The number of hydrogen-bond acceptors (Lipinski definition) is 10. The normalized spacial score (nSPS) is 21.1. The summed E-state index contributed by atoms with van der Waals surface area (Å²) in [7, 11) is -15.6. The van der Waals surface area contributed by atoms with Crippen LogP contribution in [0.15, 0.2) is 242 Å². The molecule has 0 bridgehead atoms. The first-order chi connectivity index (χ1) is 39.1. The zero-order chi connectivity index (χ0) is 55.9. The number of hydrogen-bond donors (Lipinski definition) is 2. The molecule has 4 aliphatic heterocycles. The van der Waals surface area contributed by atoms with E-state index in [1.807, 2.05) is 141 Å². The van der Waals surface area contributed by atoms with Crippen molar-refractivity contribution >= 4 is 50.7 Å². The highest BCUT2D eigenvalue weighted by Crippen LogP contribution is 2.62. The maximum Gasteiger partial charge on any atom is 0.285 e. The van der Waals surface area contributed by atoms with E-state index in [0.29, 0.717) is 55.4 Å². The van der Waals surface area contributed by atoms with E-state index >= 15 is 18.3 Å². The molecular weight excluding hydrogens is 1090 g/mol. The number of allylic oxidation sites excluding steroid dienone is 5. The number of para-hydroxylation sites is 4. The predicted molar refractivity (Wildman–Crippen MR) is 325 cm³/mol. The molecule has 0 aliphatic carbocycles. The third-order valence-corrected chi connectivity index (χ3v) is 25.4. The molecule has 10 nitrogen and oxygen atoms in total. The average Bonchev–Trinajstić information content (AvgIpc) is 3.60. The van der Waals surface area contributed by atoms with Gasteiger partial charge in [-0.05, 0) is 81.9 Å². The van der Waals surface area contributed by atoms with Crippen LogP contribution in [0, 0.1) is 0 Å². The fraction of sp³-hybridized carbons (Fsp3) is 0.104. The molecule has 4 heterocycles. The first-order valence-electron chi connectivity index (χ1n) is 26.6. The molecule has 0 saturated carbocycles. The summed E-state index contributed by atoms with van der Waals surface area (Å²) in [5.74, 6) is 1.18. The highest BCUT2D eigenvalue weighted by atomic mass is 31.2. The quantitative estimate of drug-likeness (QED) is 0.0689. The molecule has 14 heteroatoms. The summed E-state index contributed by atoms with van der Waals surface area (Å²) in [6.45, 7) is 8.19. The van der Waals surface area contributed by atoms with Crippen molar-refractivity contribution in [3.05, 3.63) is 259 Å². The Morgan fingerprint density at radius 1 is 0.444 bits per heavy atom. The third kappa shape index (κ3) is 8.98. The van der Waals surface area contributed by atoms with Crippen molar-refractivity contribution in [3.8, 4) is 73.3 Å². The minimum atomic E-state index is -3.96. The molecular formula is C67H54O10P4. The molecule has 0 aromatic heterocycles. The van der Waals surface area contributed by atoms with E-state index in [1.54, 1.807) is 91.0 Å². The lowest BCUT2D eigenvalue weighted by molar-refractivity contribution is 0.401. The van der Waals surface area contributed by atoms with Gasteiger partial charge >= 0.3 is 0 Å². The van der Waals surface area contributed by atoms with Crippen LogP contribution in [0.5, 0.6) is 28.7 Å². The van der Waals surface area contributed by atoms with Gasteiger partial charge in [0.25, 0.3) is 29.5 Å². The van der Waals surface area contributed by atoms with Crippen molar-refractivity contribution in [3.63, 3.8) is 0 Å². The summed E-state index contributed by atoms with van der Waals surface area (Å²) in [6.07, 6.45) is 2.09. The number of rotatable bonds is 12. The summed E-state index contributed by atoms with van der Waals surface area (Å²) >= 11 is 0. The van der Waals surface area contributed by atoms with Gasteiger partial charge in [-0.1, -0.05) is 190 Å². The van der Waals surface area contributed by atoms with Gasteiger partial charge in [-0.25, -0.2) is 0 Å². The fourth-order valence-corrected chi connectivity index (χ4v) is 21.2. The number of aliphatic hydroxyl groups excluding tert-OH is 1. The zero-order valence-corrected chi connectivity index (χ0v) is 47.8. The lowest BCUT2D eigenvalue weighted by Crippen LogP contribution is -2.24. The number of phenols is 1. The van der Waals surface area contributed by atoms with Gasteiger partial charge in [-0.3, -0.25) is 18.3 Å². The molecule has 402 valence electrons. The van der Waals surface area contributed by atoms with E-state index < -0.39 is 41.1 Å². The van der Waals surface area contributed by atoms with Crippen molar-refractivity contribution in [2.45, 2.75) is 31.6 Å². The van der Waals surface area contributed by atoms with E-state index in [9.17, 15) is 10.2 Å². The highest BCUT2D eigenvalue weighted by Gasteiger charge is 2.43. The highest BCUT2D eigenvalue weighted by molar-refractivity contribution is 7.69. The van der Waals surface area contributed by atoms with Crippen molar-refractivity contribution < 1.29 is 46.6 Å². The molecule has 4 unspecified atom stereocenters. The monoisotopic (exact) mass is 1140 g/mol. The van der Waals surface area contributed by atoms with Crippen LogP contribution in [-0.2, 0) is 36.0 Å². The topological polar surface area (TPSA) is 146 Å². The molecule has 9 aromatic rings. The number of aliphatic hydroxyl groups is 1. The van der Waals surface area contributed by atoms with E-state index in [4.69, 9.17) is 18.1 Å². The number of aromatic hydroxyl groups is 1. The summed E-state index contributed by atoms with van der Waals surface area (Å²) < 4.78 is 89.1. The van der Waals surface area contributed by atoms with Crippen molar-refractivity contribution in [2.24, 2.45) is 0 Å². The summed E-state index contributed by atoms with van der Waals surface area (Å²) in [5, 5.41) is 27.5. The molecule has 0 saturated heterocycles. The van der Waals surface area contributed by atoms with Crippen LogP contribution < -0.4 is 39.3 Å². The van der Waals surface area contributed by atoms with Crippen molar-refractivity contribution in [1.29, 1.82) is 0 Å². The van der Waals surface area contributed by atoms with Gasteiger partial charge in [-0.15, -0.1) is 0 Å². The van der Waals surface area contributed by atoms with Crippen LogP contribution in [0.1, 0.15) is 30.5 Å². The molecule has 4 aliphatic rings. The average molecular weight is 1140 g/mol. The van der Waals surface area contributed by atoms with Crippen LogP contribution in [0.3, 0.4) is 0 Å². The lowest BCUT2D eigenvalue weighted by atomic mass is 9.76. The standard InChI is InChI=1S/C67H54O10P4/c1-4-47(37-44(40-78(70)62-33-17-9-25-53(62)49-21-5-13-29-58(49)74-78)57(68)43-81(73)65-36-20-12-28-56(65)52-24-8-16-32-61(52)77-81)67(2,3)48-38-45(41-79(71)63-34-18-10-26-54(63)50-22-6-14-30-59(50)75-79)66(69)46(39-48)42-80(72)64-35-19-11-27-55(64)51-23-7-15-31-60(51)76-80/h4-39,68-69H,1,40-43H2,2-3H3/b47-37+,57-44-. The predicted octanol–water partition coefficient (Wildman–Crippen LogP) is 16.2. The van der Waals surface area contributed by atoms with Gasteiger partial charge < -0.3 is 28.3 Å². The zero-order valence-electron chi connectivity index (χ0n) is 44.3. The van der Waals surface area contributed by atoms with Gasteiger partial charge in [0.05, 0.1) is 45.9 Å². The number of phenolic OH excluding ortho intramolecular Hbond substituents is 1. The number of fused-ring (bicyclic) bond motifs is 12. The third-order valence-electron chi connectivity index (χ3n) is 15.9. The van der Waals surface area contributed by atoms with Gasteiger partial charge in [0.2, 0.25) is 0 Å². The lowest BCUT2D eigenvalue weighted by Gasteiger charge is -2.33. The van der Waals surface area contributed by atoms with Crippen molar-refractivity contribution in [1.82, 2.24) is 0 Å². The van der Waals surface area contributed by atoms with Gasteiger partial charge in [0.1, 0.15) is 34.5 Å². The Hall–Kier alpha value is -8.08. The first-order valence-corrected chi connectivity index (χ1v) is 33.8. The van der Waals surface area contributed by atoms with E-state index in [2.05, 4.69) is 6.58 Å². The van der Waals surface area contributed by atoms with Gasteiger partial charge in [0, 0.05) is 44.4 Å². The van der Waals surface area contributed by atoms with Crippen LogP contribution in [-0.4, -0.2) is 22.5 Å². The second kappa shape index (κ2) is 19.9. The molecule has 0 radical (unpaired) electrons. The van der Waals surface area contributed by atoms with Gasteiger partial charge in [0.15, 0.2) is 0 Å². The van der Waals surface area contributed by atoms with Crippen molar-refractivity contribution in [2.75, 3.05) is 12.3 Å². The molecule has 0 spiro atoms. The second-order valence-electron chi connectivity index (χ2n) is 21.3. The Morgan fingerprint density at radius 3 is 1.10 bits per heavy atom. The molecule has 0 amide bonds. The minimum Gasteiger partial charge on any atom is -0.511 e. The molecule has 4 atom stereocenters. The molecule has 2 N–H and O–H groups in total. The summed E-state index contributed by atoms with van der Waals surface area (Å²) in [5.41, 5.74) is 6.77. The van der Waals surface area contributed by atoms with Crippen LogP contribution in [0.4, 0.5) is 0 Å². The minimum absolute atomic E-state index is 0.163. The van der Waals surface area contributed by atoms with E-state index in [-0.39, 0.29) is 46.7 Å². The maximum absolute atomic E-state index is 15.9. The van der Waals surface area contributed by atoms with Crippen LogP contribution in [0.25, 0.3) is 44.5 Å². The van der Waals surface area contributed by atoms with Crippen LogP contribution in [0.2, 0.25) is 0 Å². The second-order valence-corrected chi connectivity index (χ2v) is 30.6. The maximum atomic E-state index is 15.9. The van der Waals surface area contributed by atoms with E-state index in [1.165, 1.54) is 0 Å². The first kappa shape index (κ1) is 52.3. The Labute approximate surface area is 470 Å². The van der Waals surface area contributed by atoms with E-state index in [0.717, 1.165) is 44.5 Å².